The van der Waals surface area contributed by atoms with E-state index in [-0.39, 0.29) is 6.42 Å². The quantitative estimate of drug-likeness (QED) is 0.162. The summed E-state index contributed by atoms with van der Waals surface area (Å²) in [6.45, 7) is 0.570. The molecule has 0 fully saturated rings. The average Bonchev–Trinajstić information content (AvgIpc) is 3.17. The minimum absolute atomic E-state index is 0.0110. The number of carbonyl (C=O) groups excluding carboxylic acids is 4. The summed E-state index contributed by atoms with van der Waals surface area (Å²) in [4.78, 5) is 62.7. The molecule has 1 heterocycles. The van der Waals surface area contributed by atoms with Crippen LogP contribution in [0.25, 0.3) is 10.9 Å². The highest BCUT2D eigenvalue weighted by Crippen LogP contribution is 2.19. The molecule has 0 bridgehead atoms. The Morgan fingerprint density at radius 2 is 1.74 bits per heavy atom. The van der Waals surface area contributed by atoms with Crippen molar-refractivity contribution < 1.29 is 34.2 Å². The van der Waals surface area contributed by atoms with Crippen LogP contribution in [-0.4, -0.2) is 75.6 Å². The molecule has 4 amide bonds. The van der Waals surface area contributed by atoms with E-state index >= 15 is 0 Å². The van der Waals surface area contributed by atoms with Crippen molar-refractivity contribution in [2.75, 3.05) is 6.54 Å². The van der Waals surface area contributed by atoms with Gasteiger partial charge in [-0.05, 0) is 18.6 Å². The first kappa shape index (κ1) is 26.3. The smallest absolute Gasteiger partial charge is 0.322 e. The topological polar surface area (TPSA) is 230 Å². The molecule has 4 atom stereocenters. The van der Waals surface area contributed by atoms with Crippen LogP contribution in [0.3, 0.4) is 0 Å². The molecule has 2 rings (SSSR count). The Morgan fingerprint density at radius 3 is 2.35 bits per heavy atom. The van der Waals surface area contributed by atoms with Crippen molar-refractivity contribution in [1.82, 2.24) is 20.9 Å². The Kier molecular flexibility index (Phi) is 9.10. The SMILES string of the molecule is CC(O)C(NC(=O)C(N)CC(N)=O)C(=O)NC(Cc1c[nH]c2ccccc12)C(=O)NCC(=O)O. The number of aliphatic carboxylic acids is 1. The van der Waals surface area contributed by atoms with E-state index in [9.17, 15) is 29.1 Å². The van der Waals surface area contributed by atoms with Gasteiger partial charge < -0.3 is 42.6 Å². The predicted molar refractivity (Wildman–Crippen MR) is 120 cm³/mol. The number of rotatable bonds is 12. The number of H-pyrrole nitrogens is 1. The number of nitrogens with two attached hydrogens (primary N) is 2. The number of primary amides is 1. The van der Waals surface area contributed by atoms with Gasteiger partial charge in [0.2, 0.25) is 23.6 Å². The lowest BCUT2D eigenvalue weighted by molar-refractivity contribution is -0.138. The van der Waals surface area contributed by atoms with Gasteiger partial charge >= 0.3 is 5.97 Å². The Bertz CT molecular complexity index is 1070. The molecule has 184 valence electrons. The molecule has 4 unspecified atom stereocenters. The van der Waals surface area contributed by atoms with Crippen molar-refractivity contribution in [3.8, 4) is 0 Å². The van der Waals surface area contributed by atoms with Gasteiger partial charge in [-0.15, -0.1) is 0 Å². The zero-order valence-electron chi connectivity index (χ0n) is 18.4. The van der Waals surface area contributed by atoms with Gasteiger partial charge in [0.15, 0.2) is 0 Å². The summed E-state index contributed by atoms with van der Waals surface area (Å²) in [6.07, 6.45) is -0.213. The summed E-state index contributed by atoms with van der Waals surface area (Å²) in [6, 6.07) is 3.17. The summed E-state index contributed by atoms with van der Waals surface area (Å²) < 4.78 is 0. The van der Waals surface area contributed by atoms with Gasteiger partial charge in [0.1, 0.15) is 18.6 Å². The van der Waals surface area contributed by atoms with Crippen LogP contribution in [0.15, 0.2) is 30.5 Å². The molecular weight excluding hydrogens is 448 g/mol. The lowest BCUT2D eigenvalue weighted by Crippen LogP contribution is -2.59. The monoisotopic (exact) mass is 476 g/mol. The van der Waals surface area contributed by atoms with E-state index in [4.69, 9.17) is 16.6 Å². The van der Waals surface area contributed by atoms with Gasteiger partial charge in [0.05, 0.1) is 18.6 Å². The van der Waals surface area contributed by atoms with E-state index in [0.717, 1.165) is 10.9 Å². The van der Waals surface area contributed by atoms with E-state index < -0.39 is 66.8 Å². The number of aromatic amines is 1. The molecule has 1 aromatic carbocycles. The fourth-order valence-electron chi connectivity index (χ4n) is 3.25. The van der Waals surface area contributed by atoms with Crippen molar-refractivity contribution >= 4 is 40.5 Å². The molecule has 0 aliphatic rings. The molecule has 0 saturated carbocycles. The fourth-order valence-corrected chi connectivity index (χ4v) is 3.25. The van der Waals surface area contributed by atoms with Gasteiger partial charge in [0, 0.05) is 23.5 Å². The van der Waals surface area contributed by atoms with Crippen molar-refractivity contribution in [2.24, 2.45) is 11.5 Å². The third-order valence-corrected chi connectivity index (χ3v) is 4.97. The maximum atomic E-state index is 12.9. The number of fused-ring (bicyclic) bond motifs is 1. The molecule has 34 heavy (non-hydrogen) atoms. The van der Waals surface area contributed by atoms with Crippen LogP contribution in [0.5, 0.6) is 0 Å². The first-order valence-electron chi connectivity index (χ1n) is 10.4. The number of benzene rings is 1. The number of carboxylic acids is 1. The van der Waals surface area contributed by atoms with Crippen LogP contribution in [-0.2, 0) is 30.4 Å². The summed E-state index contributed by atoms with van der Waals surface area (Å²) in [5.74, 6) is -4.69. The number of amides is 4. The van der Waals surface area contributed by atoms with E-state index in [0.29, 0.717) is 5.56 Å². The zero-order chi connectivity index (χ0) is 25.4. The number of para-hydroxylation sites is 1. The van der Waals surface area contributed by atoms with Gasteiger partial charge in [-0.25, -0.2) is 0 Å². The third-order valence-electron chi connectivity index (χ3n) is 4.97. The first-order valence-corrected chi connectivity index (χ1v) is 10.4. The first-order chi connectivity index (χ1) is 16.0. The van der Waals surface area contributed by atoms with Crippen molar-refractivity contribution in [3.63, 3.8) is 0 Å². The molecule has 2 aromatic rings. The lowest BCUT2D eigenvalue weighted by atomic mass is 10.0. The molecule has 13 heteroatoms. The standard InChI is InChI=1S/C21H28N6O7/c1-10(28)18(27-19(32)13(22)7-16(23)29)21(34)26-15(20(33)25-9-17(30)31)6-11-8-24-14-5-3-2-4-12(11)14/h2-5,8,10,13,15,18,24,28H,6-7,9,22H2,1H3,(H2,23,29)(H,25,33)(H,26,34)(H,27,32)(H,30,31). The summed E-state index contributed by atoms with van der Waals surface area (Å²) in [5.41, 5.74) is 12.1. The minimum atomic E-state index is -1.51. The largest absolute Gasteiger partial charge is 0.480 e. The van der Waals surface area contributed by atoms with Crippen molar-refractivity contribution in [1.29, 1.82) is 0 Å². The van der Waals surface area contributed by atoms with Gasteiger partial charge in [0.25, 0.3) is 0 Å². The van der Waals surface area contributed by atoms with E-state index in [1.54, 1.807) is 12.3 Å². The highest BCUT2D eigenvalue weighted by atomic mass is 16.4. The Morgan fingerprint density at radius 1 is 1.06 bits per heavy atom. The molecule has 0 radical (unpaired) electrons. The van der Waals surface area contributed by atoms with E-state index in [2.05, 4.69) is 20.9 Å². The molecular formula is C21H28N6O7. The Hall–Kier alpha value is -3.97. The number of hydrogen-bond acceptors (Lipinski definition) is 7. The maximum Gasteiger partial charge on any atom is 0.322 e. The number of aromatic nitrogens is 1. The van der Waals surface area contributed by atoms with Gasteiger partial charge in [-0.1, -0.05) is 18.2 Å². The van der Waals surface area contributed by atoms with Crippen LogP contribution < -0.4 is 27.4 Å². The Labute approximate surface area is 194 Å². The van der Waals surface area contributed by atoms with Crippen LogP contribution in [0.4, 0.5) is 0 Å². The van der Waals surface area contributed by atoms with Crippen molar-refractivity contribution in [3.05, 3.63) is 36.0 Å². The summed E-state index contributed by atoms with van der Waals surface area (Å²) in [7, 11) is 0. The van der Waals surface area contributed by atoms with Crippen molar-refractivity contribution in [2.45, 2.75) is 44.0 Å². The number of hydrogen-bond donors (Lipinski definition) is 8. The van der Waals surface area contributed by atoms with Gasteiger partial charge in [-0.2, -0.15) is 0 Å². The summed E-state index contributed by atoms with van der Waals surface area (Å²) >= 11 is 0. The summed E-state index contributed by atoms with van der Waals surface area (Å²) in [5, 5.41) is 26.6. The van der Waals surface area contributed by atoms with E-state index in [1.165, 1.54) is 6.92 Å². The molecule has 1 aromatic heterocycles. The predicted octanol–water partition coefficient (Wildman–Crippen LogP) is -2.54. The second kappa shape index (κ2) is 11.8. The Balaban J connectivity index is 2.22. The molecule has 10 N–H and O–H groups in total. The number of aliphatic hydroxyl groups is 1. The molecule has 13 nitrogen and oxygen atoms in total. The molecule has 0 saturated heterocycles. The molecule has 0 spiro atoms. The van der Waals surface area contributed by atoms with E-state index in [1.807, 2.05) is 18.2 Å². The second-order valence-electron chi connectivity index (χ2n) is 7.74. The third kappa shape index (κ3) is 7.28. The average molecular weight is 476 g/mol. The molecule has 0 aliphatic heterocycles. The number of carbonyl (C=O) groups is 5. The minimum Gasteiger partial charge on any atom is -0.480 e. The number of nitrogens with one attached hydrogen (secondary N) is 4. The second-order valence-corrected chi connectivity index (χ2v) is 7.74. The maximum absolute atomic E-state index is 12.9. The van der Waals surface area contributed by atoms with Crippen LogP contribution in [0.1, 0.15) is 18.9 Å². The van der Waals surface area contributed by atoms with Crippen LogP contribution in [0.2, 0.25) is 0 Å². The lowest BCUT2D eigenvalue weighted by Gasteiger charge is -2.25. The normalized spacial score (nSPS) is 14.4. The zero-order valence-corrected chi connectivity index (χ0v) is 18.4. The molecule has 0 aliphatic carbocycles. The fraction of sp³-hybridized carbons (Fsp3) is 0.381. The van der Waals surface area contributed by atoms with Gasteiger partial charge in [-0.3, -0.25) is 24.0 Å². The van der Waals surface area contributed by atoms with Crippen LogP contribution in [0, 0.1) is 0 Å². The highest BCUT2D eigenvalue weighted by molar-refractivity contribution is 5.95. The number of aliphatic hydroxyl groups excluding tert-OH is 1. The highest BCUT2D eigenvalue weighted by Gasteiger charge is 2.31. The van der Waals surface area contributed by atoms with Crippen LogP contribution >= 0.6 is 0 Å². The number of carboxylic acid groups (broad SMARTS) is 1.